The summed E-state index contributed by atoms with van der Waals surface area (Å²) in [6, 6.07) is 13.1. The fourth-order valence-electron chi connectivity index (χ4n) is 2.20. The number of hydrogen-bond donors (Lipinski definition) is 0. The number of fused-ring (bicyclic) bond motifs is 3. The minimum atomic E-state index is 0. The predicted octanol–water partition coefficient (Wildman–Crippen LogP) is 3.88. The van der Waals surface area contributed by atoms with Crippen LogP contribution < -0.4 is 0 Å². The van der Waals surface area contributed by atoms with E-state index in [1.807, 2.05) is 0 Å². The summed E-state index contributed by atoms with van der Waals surface area (Å²) in [6.07, 6.45) is 6.91. The normalized spacial score (nSPS) is 13.3. The molecule has 0 fully saturated rings. The molecule has 0 heterocycles. The Kier molecular flexibility index (Phi) is 2.59. The lowest BCUT2D eigenvalue weighted by Gasteiger charge is -2.12. The molecule has 1 aliphatic carbocycles. The number of hydrogen-bond acceptors (Lipinski definition) is 0. The summed E-state index contributed by atoms with van der Waals surface area (Å²) in [7, 11) is 0. The molecule has 0 bridgehead atoms. The van der Waals surface area contributed by atoms with E-state index < -0.39 is 0 Å². The minimum Gasteiger partial charge on any atom is -0.0836 e. The van der Waals surface area contributed by atoms with Crippen LogP contribution in [0.25, 0.3) is 16.8 Å². The van der Waals surface area contributed by atoms with Gasteiger partial charge in [0.15, 0.2) is 0 Å². The fourth-order valence-corrected chi connectivity index (χ4v) is 2.20. The average Bonchev–Trinajstić information content (AvgIpc) is 2.29. The van der Waals surface area contributed by atoms with Crippen molar-refractivity contribution in [3.8, 4) is 0 Å². The second-order valence-electron chi connectivity index (χ2n) is 3.80. The van der Waals surface area contributed by atoms with Gasteiger partial charge in [-0.3, -0.25) is 0 Å². The highest BCUT2D eigenvalue weighted by Gasteiger charge is 2.06. The molecule has 72 valence electrons. The third-order valence-corrected chi connectivity index (χ3v) is 2.93. The molecule has 0 saturated heterocycles. The molecule has 0 aromatic heterocycles. The van der Waals surface area contributed by atoms with Gasteiger partial charge in [0.05, 0.1) is 0 Å². The van der Waals surface area contributed by atoms with Crippen molar-refractivity contribution in [2.45, 2.75) is 12.8 Å². The summed E-state index contributed by atoms with van der Waals surface area (Å²) >= 11 is 0. The molecule has 0 atom stereocenters. The molecular weight excluding hydrogens is 180 g/mol. The molecule has 1 aliphatic rings. The first kappa shape index (κ1) is 9.97. The van der Waals surface area contributed by atoms with Gasteiger partial charge in [-0.25, -0.2) is 0 Å². The summed E-state index contributed by atoms with van der Waals surface area (Å²) in [5, 5.41) is 2.73. The van der Waals surface area contributed by atoms with E-state index in [-0.39, 0.29) is 7.43 Å². The number of allylic oxidation sites excluding steroid dienone is 1. The Morgan fingerprint density at radius 3 is 2.73 bits per heavy atom. The third kappa shape index (κ3) is 1.56. The summed E-state index contributed by atoms with van der Waals surface area (Å²) in [4.78, 5) is 0. The van der Waals surface area contributed by atoms with Crippen molar-refractivity contribution in [1.29, 1.82) is 0 Å². The number of rotatable bonds is 0. The summed E-state index contributed by atoms with van der Waals surface area (Å²) in [6.45, 7) is 0. The van der Waals surface area contributed by atoms with Crippen molar-refractivity contribution in [2.24, 2.45) is 0 Å². The topological polar surface area (TPSA) is 0 Å². The van der Waals surface area contributed by atoms with Gasteiger partial charge in [0.1, 0.15) is 0 Å². The van der Waals surface area contributed by atoms with Crippen LogP contribution in [0.15, 0.2) is 42.5 Å². The van der Waals surface area contributed by atoms with Crippen LogP contribution in [0.2, 0.25) is 0 Å². The lowest BCUT2D eigenvalue weighted by Crippen LogP contribution is -1.94. The van der Waals surface area contributed by atoms with Crippen molar-refractivity contribution in [2.75, 3.05) is 0 Å². The second kappa shape index (κ2) is 3.90. The van der Waals surface area contributed by atoms with E-state index in [2.05, 4.69) is 48.6 Å². The molecule has 4 radical (unpaired) electrons. The first-order valence-corrected chi connectivity index (χ1v) is 5.12. The SMILES string of the molecule is C1=Cc2c(ccc3ccccc23)CC1.[C]. The van der Waals surface area contributed by atoms with Crippen molar-refractivity contribution in [3.05, 3.63) is 61.0 Å². The van der Waals surface area contributed by atoms with Gasteiger partial charge < -0.3 is 0 Å². The molecule has 0 unspecified atom stereocenters. The molecule has 2 aromatic carbocycles. The maximum Gasteiger partial charge on any atom is 0 e. The molecule has 3 rings (SSSR count). The predicted molar refractivity (Wildman–Crippen MR) is 64.5 cm³/mol. The summed E-state index contributed by atoms with van der Waals surface area (Å²) < 4.78 is 0. The van der Waals surface area contributed by atoms with Crippen molar-refractivity contribution < 1.29 is 0 Å². The summed E-state index contributed by atoms with van der Waals surface area (Å²) in [5.41, 5.74) is 2.92. The number of benzene rings is 2. The first-order chi connectivity index (χ1) is 6.95. The summed E-state index contributed by atoms with van der Waals surface area (Å²) in [5.74, 6) is 0. The van der Waals surface area contributed by atoms with Crippen molar-refractivity contribution in [1.82, 2.24) is 0 Å². The molecule has 0 spiro atoms. The van der Waals surface area contributed by atoms with E-state index in [1.54, 1.807) is 0 Å². The molecule has 15 heavy (non-hydrogen) atoms. The van der Waals surface area contributed by atoms with Crippen LogP contribution in [-0.4, -0.2) is 0 Å². The highest BCUT2D eigenvalue weighted by atomic mass is 14.1. The Morgan fingerprint density at radius 1 is 0.933 bits per heavy atom. The van der Waals surface area contributed by atoms with E-state index in [9.17, 15) is 0 Å². The first-order valence-electron chi connectivity index (χ1n) is 5.12. The maximum atomic E-state index is 2.27. The highest BCUT2D eigenvalue weighted by molar-refractivity contribution is 5.92. The largest absolute Gasteiger partial charge is 0.0836 e. The Labute approximate surface area is 91.2 Å². The van der Waals surface area contributed by atoms with Gasteiger partial charge in [0.25, 0.3) is 0 Å². The van der Waals surface area contributed by atoms with Crippen LogP contribution in [0.1, 0.15) is 17.5 Å². The van der Waals surface area contributed by atoms with Crippen molar-refractivity contribution in [3.63, 3.8) is 0 Å². The van der Waals surface area contributed by atoms with E-state index in [4.69, 9.17) is 0 Å². The third-order valence-electron chi connectivity index (χ3n) is 2.93. The molecular formula is C15H12. The lowest BCUT2D eigenvalue weighted by atomic mass is 9.92. The minimum absolute atomic E-state index is 0. The highest BCUT2D eigenvalue weighted by Crippen LogP contribution is 2.27. The smallest absolute Gasteiger partial charge is 0 e. The van der Waals surface area contributed by atoms with Crippen LogP contribution in [0, 0.1) is 7.43 Å². The van der Waals surface area contributed by atoms with Gasteiger partial charge in [-0.05, 0) is 34.7 Å². The molecule has 0 heteroatoms. The van der Waals surface area contributed by atoms with Gasteiger partial charge >= 0.3 is 0 Å². The molecule has 0 saturated carbocycles. The van der Waals surface area contributed by atoms with Gasteiger partial charge in [0.2, 0.25) is 0 Å². The molecule has 0 amide bonds. The molecule has 0 nitrogen and oxygen atoms in total. The van der Waals surface area contributed by atoms with Crippen LogP contribution in [-0.2, 0) is 6.42 Å². The van der Waals surface area contributed by atoms with Crippen LogP contribution in [0.4, 0.5) is 0 Å². The molecule has 2 aromatic rings. The van der Waals surface area contributed by atoms with E-state index in [1.165, 1.54) is 34.7 Å². The van der Waals surface area contributed by atoms with E-state index in [0.29, 0.717) is 0 Å². The zero-order valence-corrected chi connectivity index (χ0v) is 8.53. The number of aryl methyl sites for hydroxylation is 1. The van der Waals surface area contributed by atoms with Crippen molar-refractivity contribution >= 4 is 16.8 Å². The van der Waals surface area contributed by atoms with Gasteiger partial charge in [-0.15, -0.1) is 0 Å². The quantitative estimate of drug-likeness (QED) is 0.594. The van der Waals surface area contributed by atoms with E-state index >= 15 is 0 Å². The second-order valence-corrected chi connectivity index (χ2v) is 3.80. The zero-order valence-electron chi connectivity index (χ0n) is 8.53. The van der Waals surface area contributed by atoms with E-state index in [0.717, 1.165) is 0 Å². The van der Waals surface area contributed by atoms with Crippen LogP contribution in [0.5, 0.6) is 0 Å². The molecule has 0 N–H and O–H groups in total. The van der Waals surface area contributed by atoms with Crippen LogP contribution in [0.3, 0.4) is 0 Å². The Bertz CT molecular complexity index is 506. The Hall–Kier alpha value is -1.56. The monoisotopic (exact) mass is 192 g/mol. The Morgan fingerprint density at radius 2 is 1.80 bits per heavy atom. The average molecular weight is 192 g/mol. The van der Waals surface area contributed by atoms with Gasteiger partial charge in [0, 0.05) is 7.43 Å². The lowest BCUT2D eigenvalue weighted by molar-refractivity contribution is 0.990. The van der Waals surface area contributed by atoms with Crippen LogP contribution >= 0.6 is 0 Å². The van der Waals surface area contributed by atoms with Gasteiger partial charge in [-0.1, -0.05) is 48.6 Å². The standard InChI is InChI=1S/C14H12.C/c1-3-7-13-11(5-1)9-10-12-6-2-4-8-14(12)13;/h1,3-5,7-10H,2,6H2;. The maximum absolute atomic E-state index is 2.27. The Balaban J connectivity index is 0.000000853. The van der Waals surface area contributed by atoms with Gasteiger partial charge in [-0.2, -0.15) is 0 Å². The molecule has 0 aliphatic heterocycles. The fraction of sp³-hybridized carbons (Fsp3) is 0.133. The zero-order chi connectivity index (χ0) is 9.38.